The first kappa shape index (κ1) is 16.7. The molecule has 0 aliphatic rings. The number of H-pyrrole nitrogens is 1. The third kappa shape index (κ3) is 3.67. The summed E-state index contributed by atoms with van der Waals surface area (Å²) >= 11 is 5.82. The number of hydrogen-bond acceptors (Lipinski definition) is 4. The van der Waals surface area contributed by atoms with Gasteiger partial charge in [-0.3, -0.25) is 14.9 Å². The average molecular weight is 357 g/mol. The highest BCUT2D eigenvalue weighted by atomic mass is 35.5. The molecule has 0 saturated carbocycles. The molecule has 2 N–H and O–H groups in total. The SMILES string of the molecule is Cc1[nH]c(-c2ccc([N+](=O)[O-])cc2)nc1C(=O)Nc1ccc(Cl)cc1. The second kappa shape index (κ2) is 6.74. The fourth-order valence-corrected chi connectivity index (χ4v) is 2.41. The number of rotatable bonds is 4. The zero-order chi connectivity index (χ0) is 18.0. The number of nitrogens with zero attached hydrogens (tertiary/aromatic N) is 2. The first-order chi connectivity index (χ1) is 11.9. The van der Waals surface area contributed by atoms with Gasteiger partial charge < -0.3 is 10.3 Å². The van der Waals surface area contributed by atoms with Crippen molar-refractivity contribution in [2.75, 3.05) is 5.32 Å². The Hall–Kier alpha value is -3.19. The lowest BCUT2D eigenvalue weighted by Crippen LogP contribution is -2.13. The minimum absolute atomic E-state index is 0.00673. The number of nitrogens with one attached hydrogen (secondary N) is 2. The van der Waals surface area contributed by atoms with Gasteiger partial charge in [0.1, 0.15) is 11.5 Å². The quantitative estimate of drug-likeness (QED) is 0.540. The molecule has 0 aliphatic carbocycles. The van der Waals surface area contributed by atoms with Crippen LogP contribution in [-0.4, -0.2) is 20.8 Å². The lowest BCUT2D eigenvalue weighted by atomic mass is 10.2. The highest BCUT2D eigenvalue weighted by Gasteiger charge is 2.16. The molecular formula is C17H13ClN4O3. The molecule has 2 aromatic carbocycles. The molecule has 0 radical (unpaired) electrons. The Balaban J connectivity index is 1.82. The van der Waals surface area contributed by atoms with E-state index in [1.165, 1.54) is 12.1 Å². The summed E-state index contributed by atoms with van der Waals surface area (Å²) in [5.74, 6) is 0.109. The molecule has 0 aliphatic heterocycles. The van der Waals surface area contributed by atoms with Gasteiger partial charge in [-0.25, -0.2) is 4.98 Å². The Morgan fingerprint density at radius 2 is 1.80 bits per heavy atom. The molecule has 7 nitrogen and oxygen atoms in total. The van der Waals surface area contributed by atoms with Crippen LogP contribution in [0.3, 0.4) is 0 Å². The normalized spacial score (nSPS) is 10.5. The van der Waals surface area contributed by atoms with Crippen molar-refractivity contribution >= 4 is 28.9 Å². The molecule has 3 aromatic rings. The van der Waals surface area contributed by atoms with E-state index in [0.29, 0.717) is 27.8 Å². The van der Waals surface area contributed by atoms with Gasteiger partial charge in [-0.05, 0) is 43.3 Å². The number of aryl methyl sites for hydroxylation is 1. The molecule has 126 valence electrons. The van der Waals surface area contributed by atoms with Crippen LogP contribution < -0.4 is 5.32 Å². The third-order valence-electron chi connectivity index (χ3n) is 3.55. The summed E-state index contributed by atoms with van der Waals surface area (Å²) < 4.78 is 0. The van der Waals surface area contributed by atoms with E-state index in [4.69, 9.17) is 11.6 Å². The second-order valence-electron chi connectivity index (χ2n) is 5.32. The smallest absolute Gasteiger partial charge is 0.276 e. The van der Waals surface area contributed by atoms with Gasteiger partial charge >= 0.3 is 0 Å². The van der Waals surface area contributed by atoms with E-state index in [1.807, 2.05) is 0 Å². The standard InChI is InChI=1S/C17H13ClN4O3/c1-10-15(17(23)20-13-6-4-12(18)5-7-13)21-16(19-10)11-2-8-14(9-3-11)22(24)25/h2-9H,1H3,(H,19,21)(H,20,23). The van der Waals surface area contributed by atoms with Crippen LogP contribution in [0.5, 0.6) is 0 Å². The monoisotopic (exact) mass is 356 g/mol. The zero-order valence-corrected chi connectivity index (χ0v) is 13.9. The molecule has 1 aromatic heterocycles. The molecule has 1 amide bonds. The molecule has 1 heterocycles. The summed E-state index contributed by atoms with van der Waals surface area (Å²) in [6.07, 6.45) is 0. The molecule has 8 heteroatoms. The maximum Gasteiger partial charge on any atom is 0.276 e. The van der Waals surface area contributed by atoms with E-state index in [2.05, 4.69) is 15.3 Å². The fourth-order valence-electron chi connectivity index (χ4n) is 2.28. The summed E-state index contributed by atoms with van der Waals surface area (Å²) in [7, 11) is 0. The van der Waals surface area contributed by atoms with Crippen LogP contribution >= 0.6 is 11.6 Å². The van der Waals surface area contributed by atoms with Crippen molar-refractivity contribution in [3.63, 3.8) is 0 Å². The van der Waals surface area contributed by atoms with Crippen LogP contribution in [0, 0.1) is 17.0 Å². The van der Waals surface area contributed by atoms with Crippen LogP contribution in [0.15, 0.2) is 48.5 Å². The summed E-state index contributed by atoms with van der Waals surface area (Å²) in [4.78, 5) is 30.0. The predicted molar refractivity (Wildman–Crippen MR) is 94.8 cm³/mol. The van der Waals surface area contributed by atoms with Crippen LogP contribution in [0.4, 0.5) is 11.4 Å². The largest absolute Gasteiger partial charge is 0.341 e. The number of carbonyl (C=O) groups excluding carboxylic acids is 1. The molecule has 0 fully saturated rings. The number of non-ortho nitro benzene ring substituents is 1. The molecule has 0 saturated heterocycles. The topological polar surface area (TPSA) is 101 Å². The van der Waals surface area contributed by atoms with E-state index in [1.54, 1.807) is 43.3 Å². The van der Waals surface area contributed by atoms with E-state index < -0.39 is 4.92 Å². The van der Waals surface area contributed by atoms with Gasteiger partial charge in [0.15, 0.2) is 0 Å². The summed E-state index contributed by atoms with van der Waals surface area (Å²) in [5.41, 5.74) is 2.10. The maximum atomic E-state index is 12.4. The first-order valence-corrected chi connectivity index (χ1v) is 7.70. The molecule has 25 heavy (non-hydrogen) atoms. The Morgan fingerprint density at radius 1 is 1.16 bits per heavy atom. The highest BCUT2D eigenvalue weighted by Crippen LogP contribution is 2.22. The van der Waals surface area contributed by atoms with Crippen LogP contribution in [0.2, 0.25) is 5.02 Å². The van der Waals surface area contributed by atoms with Gasteiger partial charge in [0, 0.05) is 34.1 Å². The fraction of sp³-hybridized carbons (Fsp3) is 0.0588. The second-order valence-corrected chi connectivity index (χ2v) is 5.76. The maximum absolute atomic E-state index is 12.4. The minimum Gasteiger partial charge on any atom is -0.341 e. The molecular weight excluding hydrogens is 344 g/mol. The first-order valence-electron chi connectivity index (χ1n) is 7.32. The average Bonchev–Trinajstić information content (AvgIpc) is 2.99. The van der Waals surface area contributed by atoms with E-state index >= 15 is 0 Å². The van der Waals surface area contributed by atoms with Gasteiger partial charge in [-0.15, -0.1) is 0 Å². The lowest BCUT2D eigenvalue weighted by molar-refractivity contribution is -0.384. The number of amides is 1. The minimum atomic E-state index is -0.470. The van der Waals surface area contributed by atoms with Gasteiger partial charge in [-0.2, -0.15) is 0 Å². The number of imidazole rings is 1. The lowest BCUT2D eigenvalue weighted by Gasteiger charge is -2.03. The number of aromatic amines is 1. The Kier molecular flexibility index (Phi) is 4.49. The Morgan fingerprint density at radius 3 is 2.40 bits per heavy atom. The number of aromatic nitrogens is 2. The number of halogens is 1. The van der Waals surface area contributed by atoms with Crippen molar-refractivity contribution in [2.45, 2.75) is 6.92 Å². The summed E-state index contributed by atoms with van der Waals surface area (Å²) in [5, 5.41) is 14.0. The van der Waals surface area contributed by atoms with Gasteiger partial charge in [0.25, 0.3) is 11.6 Å². The summed E-state index contributed by atoms with van der Waals surface area (Å²) in [6.45, 7) is 1.73. The Bertz CT molecular complexity index is 934. The van der Waals surface area contributed by atoms with Crippen molar-refractivity contribution in [1.29, 1.82) is 0 Å². The number of carbonyl (C=O) groups is 1. The number of nitro benzene ring substituents is 1. The highest BCUT2D eigenvalue weighted by molar-refractivity contribution is 6.30. The molecule has 3 rings (SSSR count). The van der Waals surface area contributed by atoms with E-state index in [0.717, 1.165) is 0 Å². The number of anilines is 1. The van der Waals surface area contributed by atoms with Crippen molar-refractivity contribution in [3.8, 4) is 11.4 Å². The van der Waals surface area contributed by atoms with Gasteiger partial charge in [-0.1, -0.05) is 11.6 Å². The van der Waals surface area contributed by atoms with E-state index in [9.17, 15) is 14.9 Å². The third-order valence-corrected chi connectivity index (χ3v) is 3.81. The van der Waals surface area contributed by atoms with Crippen LogP contribution in [0.25, 0.3) is 11.4 Å². The van der Waals surface area contributed by atoms with Crippen LogP contribution in [-0.2, 0) is 0 Å². The van der Waals surface area contributed by atoms with Crippen LogP contribution in [0.1, 0.15) is 16.2 Å². The van der Waals surface area contributed by atoms with Crippen molar-refractivity contribution in [2.24, 2.45) is 0 Å². The molecule has 0 atom stereocenters. The number of nitro groups is 1. The summed E-state index contributed by atoms with van der Waals surface area (Å²) in [6, 6.07) is 12.7. The Labute approximate surface area is 147 Å². The molecule has 0 bridgehead atoms. The number of hydrogen-bond donors (Lipinski definition) is 2. The van der Waals surface area contributed by atoms with Gasteiger partial charge in [0.05, 0.1) is 4.92 Å². The van der Waals surface area contributed by atoms with E-state index in [-0.39, 0.29) is 17.3 Å². The van der Waals surface area contributed by atoms with Crippen molar-refractivity contribution in [3.05, 3.63) is 75.1 Å². The zero-order valence-electron chi connectivity index (χ0n) is 13.1. The predicted octanol–water partition coefficient (Wildman–Crippen LogP) is 4.20. The number of benzene rings is 2. The molecule has 0 spiro atoms. The van der Waals surface area contributed by atoms with Crippen molar-refractivity contribution in [1.82, 2.24) is 9.97 Å². The van der Waals surface area contributed by atoms with Gasteiger partial charge in [0.2, 0.25) is 0 Å². The van der Waals surface area contributed by atoms with Crippen molar-refractivity contribution < 1.29 is 9.72 Å². The molecule has 0 unspecified atom stereocenters.